The molecule has 6 heteroatoms. The molecule has 0 heterocycles. The molecular formula is C15H12ClN3O2. The van der Waals surface area contributed by atoms with E-state index in [1.165, 1.54) is 6.07 Å². The number of nitrogens with zero attached hydrogens (tertiary/aromatic N) is 3. The molecule has 0 N–H and O–H groups in total. The Bertz CT molecular complexity index is 708. The molecule has 106 valence electrons. The maximum atomic E-state index is 10.9. The van der Waals surface area contributed by atoms with Crippen LogP contribution in [-0.4, -0.2) is 12.0 Å². The van der Waals surface area contributed by atoms with Gasteiger partial charge in [-0.2, -0.15) is 5.26 Å². The first-order chi connectivity index (χ1) is 10.1. The average molecular weight is 302 g/mol. The lowest BCUT2D eigenvalue weighted by Crippen LogP contribution is -2.10. The van der Waals surface area contributed by atoms with Gasteiger partial charge in [0.1, 0.15) is 0 Å². The van der Waals surface area contributed by atoms with E-state index in [2.05, 4.69) is 6.07 Å². The summed E-state index contributed by atoms with van der Waals surface area (Å²) in [6.07, 6.45) is 0. The summed E-state index contributed by atoms with van der Waals surface area (Å²) >= 11 is 5.78. The van der Waals surface area contributed by atoms with Gasteiger partial charge in [-0.15, -0.1) is 11.6 Å². The highest BCUT2D eigenvalue weighted by Crippen LogP contribution is 2.29. The molecule has 0 bridgehead atoms. The molecule has 2 aromatic carbocycles. The number of hydrogen-bond acceptors (Lipinski definition) is 4. The zero-order valence-corrected chi connectivity index (χ0v) is 12.0. The van der Waals surface area contributed by atoms with Gasteiger partial charge < -0.3 is 4.90 Å². The van der Waals surface area contributed by atoms with Crippen molar-refractivity contribution in [2.45, 2.75) is 5.88 Å². The van der Waals surface area contributed by atoms with Crippen molar-refractivity contribution in [3.63, 3.8) is 0 Å². The molecule has 0 unspecified atom stereocenters. The minimum absolute atomic E-state index is 0.0157. The molecule has 0 radical (unpaired) electrons. The van der Waals surface area contributed by atoms with E-state index in [1.807, 2.05) is 24.1 Å². The fourth-order valence-electron chi connectivity index (χ4n) is 1.97. The summed E-state index contributed by atoms with van der Waals surface area (Å²) in [5, 5.41) is 19.7. The molecule has 5 nitrogen and oxygen atoms in total. The van der Waals surface area contributed by atoms with Crippen LogP contribution in [0.15, 0.2) is 42.5 Å². The quantitative estimate of drug-likeness (QED) is 0.486. The van der Waals surface area contributed by atoms with Gasteiger partial charge in [-0.25, -0.2) is 0 Å². The second-order valence-electron chi connectivity index (χ2n) is 4.42. The van der Waals surface area contributed by atoms with E-state index in [0.717, 1.165) is 11.4 Å². The summed E-state index contributed by atoms with van der Waals surface area (Å²) in [6, 6.07) is 14.0. The van der Waals surface area contributed by atoms with Gasteiger partial charge >= 0.3 is 0 Å². The minimum Gasteiger partial charge on any atom is -0.345 e. The van der Waals surface area contributed by atoms with Crippen LogP contribution in [0, 0.1) is 21.4 Å². The number of anilines is 2. The Morgan fingerprint density at radius 1 is 1.24 bits per heavy atom. The van der Waals surface area contributed by atoms with Gasteiger partial charge in [0, 0.05) is 30.1 Å². The van der Waals surface area contributed by atoms with E-state index in [1.54, 1.807) is 24.3 Å². The van der Waals surface area contributed by atoms with Crippen molar-refractivity contribution in [1.29, 1.82) is 5.26 Å². The Morgan fingerprint density at radius 3 is 2.38 bits per heavy atom. The third-order valence-electron chi connectivity index (χ3n) is 3.17. The standard InChI is InChI=1S/C15H12ClN3O2/c1-18(13-4-2-11(10-17)3-5-13)14-6-7-15(19(20)21)12(8-14)9-16/h2-8H,9H2,1H3. The zero-order valence-electron chi connectivity index (χ0n) is 11.3. The van der Waals surface area contributed by atoms with Crippen LogP contribution in [-0.2, 0) is 5.88 Å². The summed E-state index contributed by atoms with van der Waals surface area (Å²) in [6.45, 7) is 0. The Labute approximate surface area is 127 Å². The number of nitro benzene ring substituents is 1. The molecule has 0 spiro atoms. The van der Waals surface area contributed by atoms with Crippen molar-refractivity contribution in [3.8, 4) is 6.07 Å². The Balaban J connectivity index is 2.36. The van der Waals surface area contributed by atoms with E-state index in [9.17, 15) is 10.1 Å². The van der Waals surface area contributed by atoms with Gasteiger partial charge in [0.2, 0.25) is 0 Å². The number of halogens is 1. The van der Waals surface area contributed by atoms with Crippen molar-refractivity contribution in [3.05, 3.63) is 63.7 Å². The van der Waals surface area contributed by atoms with Gasteiger partial charge in [-0.05, 0) is 36.4 Å². The third kappa shape index (κ3) is 3.12. The molecule has 2 aromatic rings. The van der Waals surface area contributed by atoms with Crippen LogP contribution in [0.3, 0.4) is 0 Å². The first-order valence-corrected chi connectivity index (χ1v) is 6.67. The summed E-state index contributed by atoms with van der Waals surface area (Å²) in [5.74, 6) is 0.0748. The molecule has 0 aliphatic heterocycles. The molecule has 0 saturated heterocycles. The van der Waals surface area contributed by atoms with Crippen molar-refractivity contribution in [2.75, 3.05) is 11.9 Å². The number of rotatable bonds is 4. The van der Waals surface area contributed by atoms with Gasteiger partial charge in [-0.3, -0.25) is 10.1 Å². The summed E-state index contributed by atoms with van der Waals surface area (Å²) in [5.41, 5.74) is 2.74. The predicted molar refractivity (Wildman–Crippen MR) is 81.9 cm³/mol. The monoisotopic (exact) mass is 301 g/mol. The topological polar surface area (TPSA) is 70.2 Å². The predicted octanol–water partition coefficient (Wildman–Crippen LogP) is 3.97. The number of nitriles is 1. The van der Waals surface area contributed by atoms with Crippen molar-refractivity contribution < 1.29 is 4.92 Å². The molecule has 0 saturated carbocycles. The first kappa shape index (κ1) is 14.8. The Hall–Kier alpha value is -2.58. The van der Waals surface area contributed by atoms with Crippen molar-refractivity contribution >= 4 is 28.7 Å². The fourth-order valence-corrected chi connectivity index (χ4v) is 2.19. The maximum absolute atomic E-state index is 10.9. The van der Waals surface area contributed by atoms with E-state index in [-0.39, 0.29) is 11.6 Å². The first-order valence-electron chi connectivity index (χ1n) is 6.14. The van der Waals surface area contributed by atoms with E-state index in [4.69, 9.17) is 16.9 Å². The molecule has 0 amide bonds. The molecule has 21 heavy (non-hydrogen) atoms. The van der Waals surface area contributed by atoms with Crippen LogP contribution in [0.1, 0.15) is 11.1 Å². The van der Waals surface area contributed by atoms with Crippen LogP contribution >= 0.6 is 11.6 Å². The fraction of sp³-hybridized carbons (Fsp3) is 0.133. The zero-order chi connectivity index (χ0) is 15.4. The van der Waals surface area contributed by atoms with E-state index in [0.29, 0.717) is 11.1 Å². The van der Waals surface area contributed by atoms with Crippen LogP contribution < -0.4 is 4.90 Å². The molecule has 0 aromatic heterocycles. The lowest BCUT2D eigenvalue weighted by atomic mass is 10.1. The van der Waals surface area contributed by atoms with Gasteiger partial charge in [-0.1, -0.05) is 0 Å². The average Bonchev–Trinajstić information content (AvgIpc) is 2.53. The van der Waals surface area contributed by atoms with Crippen LogP contribution in [0.5, 0.6) is 0 Å². The van der Waals surface area contributed by atoms with Gasteiger partial charge in [0.25, 0.3) is 5.69 Å². The Morgan fingerprint density at radius 2 is 1.86 bits per heavy atom. The van der Waals surface area contributed by atoms with Gasteiger partial charge in [0.05, 0.1) is 22.4 Å². The molecule has 2 rings (SSSR count). The molecule has 0 aliphatic rings. The maximum Gasteiger partial charge on any atom is 0.273 e. The smallest absolute Gasteiger partial charge is 0.273 e. The lowest BCUT2D eigenvalue weighted by Gasteiger charge is -2.20. The Kier molecular flexibility index (Phi) is 4.41. The summed E-state index contributed by atoms with van der Waals surface area (Å²) in [4.78, 5) is 12.3. The minimum atomic E-state index is -0.441. The van der Waals surface area contributed by atoms with Crippen LogP contribution in [0.2, 0.25) is 0 Å². The highest BCUT2D eigenvalue weighted by atomic mass is 35.5. The molecular weight excluding hydrogens is 290 g/mol. The largest absolute Gasteiger partial charge is 0.345 e. The summed E-state index contributed by atoms with van der Waals surface area (Å²) in [7, 11) is 1.85. The van der Waals surface area contributed by atoms with Crippen LogP contribution in [0.4, 0.5) is 17.1 Å². The molecule has 0 aliphatic carbocycles. The third-order valence-corrected chi connectivity index (χ3v) is 3.46. The molecule has 0 fully saturated rings. The highest BCUT2D eigenvalue weighted by Gasteiger charge is 2.15. The number of alkyl halides is 1. The highest BCUT2D eigenvalue weighted by molar-refractivity contribution is 6.17. The van der Waals surface area contributed by atoms with Gasteiger partial charge in [0.15, 0.2) is 0 Å². The van der Waals surface area contributed by atoms with Crippen LogP contribution in [0.25, 0.3) is 0 Å². The van der Waals surface area contributed by atoms with E-state index >= 15 is 0 Å². The second kappa shape index (κ2) is 6.25. The number of benzene rings is 2. The lowest BCUT2D eigenvalue weighted by molar-refractivity contribution is -0.385. The normalized spacial score (nSPS) is 9.95. The second-order valence-corrected chi connectivity index (χ2v) is 4.69. The molecule has 0 atom stereocenters. The van der Waals surface area contributed by atoms with Crippen molar-refractivity contribution in [2.24, 2.45) is 0 Å². The number of hydrogen-bond donors (Lipinski definition) is 0. The van der Waals surface area contributed by atoms with E-state index < -0.39 is 4.92 Å². The SMILES string of the molecule is CN(c1ccc(C#N)cc1)c1ccc([N+](=O)[O-])c(CCl)c1. The number of nitro groups is 1. The van der Waals surface area contributed by atoms with Crippen molar-refractivity contribution in [1.82, 2.24) is 0 Å². The summed E-state index contributed by atoms with van der Waals surface area (Å²) < 4.78 is 0.